The van der Waals surface area contributed by atoms with Crippen LogP contribution in [0.4, 0.5) is 0 Å². The summed E-state index contributed by atoms with van der Waals surface area (Å²) in [7, 11) is 0. The minimum atomic E-state index is -0.115. The SMILES string of the molecule is Cc1cc(C(=O)NCc2ccncc2)c(C)o1. The van der Waals surface area contributed by atoms with Gasteiger partial charge in [-0.25, -0.2) is 0 Å². The maximum atomic E-state index is 11.9. The number of aromatic nitrogens is 1. The molecule has 2 heterocycles. The van der Waals surface area contributed by atoms with Gasteiger partial charge in [-0.2, -0.15) is 0 Å². The lowest BCUT2D eigenvalue weighted by Crippen LogP contribution is -2.22. The molecule has 88 valence electrons. The van der Waals surface area contributed by atoms with Gasteiger partial charge in [0, 0.05) is 18.9 Å². The molecule has 0 aliphatic carbocycles. The molecule has 0 aliphatic heterocycles. The first-order valence-corrected chi connectivity index (χ1v) is 5.41. The average Bonchev–Trinajstić information content (AvgIpc) is 2.67. The first-order valence-electron chi connectivity index (χ1n) is 5.41. The van der Waals surface area contributed by atoms with Crippen molar-refractivity contribution < 1.29 is 9.21 Å². The Bertz CT molecular complexity index is 517. The van der Waals surface area contributed by atoms with Gasteiger partial charge in [0.2, 0.25) is 0 Å². The molecule has 4 heteroatoms. The fourth-order valence-electron chi connectivity index (χ4n) is 1.63. The van der Waals surface area contributed by atoms with Crippen molar-refractivity contribution in [2.75, 3.05) is 0 Å². The van der Waals surface area contributed by atoms with Gasteiger partial charge >= 0.3 is 0 Å². The molecule has 0 spiro atoms. The lowest BCUT2D eigenvalue weighted by Gasteiger charge is -2.03. The van der Waals surface area contributed by atoms with E-state index in [9.17, 15) is 4.79 Å². The first kappa shape index (κ1) is 11.4. The van der Waals surface area contributed by atoms with Crippen molar-refractivity contribution in [1.82, 2.24) is 10.3 Å². The molecule has 0 radical (unpaired) electrons. The van der Waals surface area contributed by atoms with Gasteiger partial charge in [-0.15, -0.1) is 0 Å². The van der Waals surface area contributed by atoms with Gasteiger partial charge < -0.3 is 9.73 Å². The van der Waals surface area contributed by atoms with E-state index in [2.05, 4.69) is 10.3 Å². The Balaban J connectivity index is 2.01. The lowest BCUT2D eigenvalue weighted by molar-refractivity contribution is 0.0949. The zero-order chi connectivity index (χ0) is 12.3. The summed E-state index contributed by atoms with van der Waals surface area (Å²) >= 11 is 0. The van der Waals surface area contributed by atoms with Gasteiger partial charge in [0.25, 0.3) is 5.91 Å². The summed E-state index contributed by atoms with van der Waals surface area (Å²) in [6.45, 7) is 4.10. The number of amides is 1. The molecule has 1 N–H and O–H groups in total. The van der Waals surface area contributed by atoms with Gasteiger partial charge in [0.05, 0.1) is 5.56 Å². The van der Waals surface area contributed by atoms with Gasteiger partial charge in [-0.05, 0) is 37.6 Å². The molecule has 4 nitrogen and oxygen atoms in total. The van der Waals surface area contributed by atoms with E-state index >= 15 is 0 Å². The van der Waals surface area contributed by atoms with Gasteiger partial charge in [-0.3, -0.25) is 9.78 Å². The van der Waals surface area contributed by atoms with Crippen molar-refractivity contribution in [1.29, 1.82) is 0 Å². The molecule has 0 unspecified atom stereocenters. The highest BCUT2D eigenvalue weighted by molar-refractivity contribution is 5.95. The Morgan fingerprint density at radius 2 is 2.06 bits per heavy atom. The van der Waals surface area contributed by atoms with Gasteiger partial charge in [0.1, 0.15) is 11.5 Å². The van der Waals surface area contributed by atoms with Crippen LogP contribution in [0.3, 0.4) is 0 Å². The van der Waals surface area contributed by atoms with Gasteiger partial charge in [-0.1, -0.05) is 0 Å². The Kier molecular flexibility index (Phi) is 3.23. The second kappa shape index (κ2) is 4.82. The quantitative estimate of drug-likeness (QED) is 0.879. The molecule has 2 rings (SSSR count). The molecule has 0 saturated heterocycles. The standard InChI is InChI=1S/C13H14N2O2/c1-9-7-12(10(2)17-9)13(16)15-8-11-3-5-14-6-4-11/h3-7H,8H2,1-2H3,(H,15,16). The maximum absolute atomic E-state index is 11.9. The molecule has 1 amide bonds. The molecular formula is C13H14N2O2. The van der Waals surface area contributed by atoms with Crippen LogP contribution < -0.4 is 5.32 Å². The molecular weight excluding hydrogens is 216 g/mol. The minimum Gasteiger partial charge on any atom is -0.466 e. The van der Waals surface area contributed by atoms with E-state index in [1.54, 1.807) is 25.4 Å². The van der Waals surface area contributed by atoms with E-state index in [1.807, 2.05) is 19.1 Å². The molecule has 0 saturated carbocycles. The summed E-state index contributed by atoms with van der Waals surface area (Å²) in [5.74, 6) is 1.28. The predicted octanol–water partition coefficient (Wildman–Crippen LogP) is 2.22. The summed E-state index contributed by atoms with van der Waals surface area (Å²) in [5.41, 5.74) is 1.61. The molecule has 0 atom stereocenters. The average molecular weight is 230 g/mol. The topological polar surface area (TPSA) is 55.1 Å². The third kappa shape index (κ3) is 2.72. The Hall–Kier alpha value is -2.10. The van der Waals surface area contributed by atoms with Crippen LogP contribution in [-0.4, -0.2) is 10.9 Å². The van der Waals surface area contributed by atoms with Crippen LogP contribution in [0, 0.1) is 13.8 Å². The Morgan fingerprint density at radius 3 is 2.65 bits per heavy atom. The zero-order valence-electron chi connectivity index (χ0n) is 9.86. The smallest absolute Gasteiger partial charge is 0.255 e. The molecule has 2 aromatic rings. The number of furan rings is 1. The first-order chi connectivity index (χ1) is 8.16. The zero-order valence-corrected chi connectivity index (χ0v) is 9.86. The molecule has 0 aromatic carbocycles. The van der Waals surface area contributed by atoms with Crippen LogP contribution in [0.2, 0.25) is 0 Å². The summed E-state index contributed by atoms with van der Waals surface area (Å²) in [6.07, 6.45) is 3.41. The number of nitrogens with zero attached hydrogens (tertiary/aromatic N) is 1. The van der Waals surface area contributed by atoms with Crippen molar-refractivity contribution in [3.63, 3.8) is 0 Å². The van der Waals surface area contributed by atoms with Crippen LogP contribution >= 0.6 is 0 Å². The number of rotatable bonds is 3. The molecule has 0 aliphatic rings. The van der Waals surface area contributed by atoms with Crippen molar-refractivity contribution >= 4 is 5.91 Å². The van der Waals surface area contributed by atoms with Gasteiger partial charge in [0.15, 0.2) is 0 Å². The third-order valence-electron chi connectivity index (χ3n) is 2.49. The van der Waals surface area contributed by atoms with E-state index in [4.69, 9.17) is 4.42 Å². The molecule has 2 aromatic heterocycles. The highest BCUT2D eigenvalue weighted by Crippen LogP contribution is 2.13. The highest BCUT2D eigenvalue weighted by atomic mass is 16.3. The second-order valence-electron chi connectivity index (χ2n) is 3.87. The van der Waals surface area contributed by atoms with Crippen molar-refractivity contribution in [3.8, 4) is 0 Å². The number of hydrogen-bond acceptors (Lipinski definition) is 3. The van der Waals surface area contributed by atoms with Crippen LogP contribution in [0.25, 0.3) is 0 Å². The highest BCUT2D eigenvalue weighted by Gasteiger charge is 2.12. The van der Waals surface area contributed by atoms with E-state index < -0.39 is 0 Å². The van der Waals surface area contributed by atoms with E-state index in [0.717, 1.165) is 11.3 Å². The normalized spacial score (nSPS) is 10.2. The number of aryl methyl sites for hydroxylation is 2. The largest absolute Gasteiger partial charge is 0.466 e. The van der Waals surface area contributed by atoms with Crippen LogP contribution in [-0.2, 0) is 6.54 Å². The Morgan fingerprint density at radius 1 is 1.35 bits per heavy atom. The van der Waals surface area contributed by atoms with Crippen LogP contribution in [0.15, 0.2) is 35.0 Å². The maximum Gasteiger partial charge on any atom is 0.255 e. The lowest BCUT2D eigenvalue weighted by atomic mass is 10.2. The minimum absolute atomic E-state index is 0.115. The van der Waals surface area contributed by atoms with E-state index in [-0.39, 0.29) is 5.91 Å². The fraction of sp³-hybridized carbons (Fsp3) is 0.231. The summed E-state index contributed by atoms with van der Waals surface area (Å²) in [5, 5.41) is 2.84. The summed E-state index contributed by atoms with van der Waals surface area (Å²) in [6, 6.07) is 5.48. The Labute approximate surface area is 99.7 Å². The third-order valence-corrected chi connectivity index (χ3v) is 2.49. The van der Waals surface area contributed by atoms with Crippen molar-refractivity contribution in [3.05, 3.63) is 53.2 Å². The fourth-order valence-corrected chi connectivity index (χ4v) is 1.63. The van der Waals surface area contributed by atoms with E-state index in [0.29, 0.717) is 17.9 Å². The van der Waals surface area contributed by atoms with E-state index in [1.165, 1.54) is 0 Å². The number of nitrogens with one attached hydrogen (secondary N) is 1. The monoisotopic (exact) mass is 230 g/mol. The number of carbonyl (C=O) groups is 1. The summed E-state index contributed by atoms with van der Waals surface area (Å²) in [4.78, 5) is 15.8. The molecule has 0 fully saturated rings. The molecule has 17 heavy (non-hydrogen) atoms. The van der Waals surface area contributed by atoms with Crippen LogP contribution in [0.1, 0.15) is 27.4 Å². The number of carbonyl (C=O) groups excluding carboxylic acids is 1. The second-order valence-corrected chi connectivity index (χ2v) is 3.87. The van der Waals surface area contributed by atoms with Crippen molar-refractivity contribution in [2.45, 2.75) is 20.4 Å². The predicted molar refractivity (Wildman–Crippen MR) is 63.6 cm³/mol. The van der Waals surface area contributed by atoms with Crippen LogP contribution in [0.5, 0.6) is 0 Å². The molecule has 0 bridgehead atoms. The van der Waals surface area contributed by atoms with Crippen molar-refractivity contribution in [2.24, 2.45) is 0 Å². The summed E-state index contributed by atoms with van der Waals surface area (Å²) < 4.78 is 5.32. The number of pyridine rings is 1. The number of hydrogen-bond donors (Lipinski definition) is 1.